The average Bonchev–Trinajstić information content (AvgIpc) is 2.99. The third kappa shape index (κ3) is 9.21. The van der Waals surface area contributed by atoms with E-state index in [0.29, 0.717) is 53.7 Å². The molecule has 2 aromatic carbocycles. The van der Waals surface area contributed by atoms with Crippen LogP contribution in [0.15, 0.2) is 30.3 Å². The number of ether oxygens (including phenoxy) is 5. The van der Waals surface area contributed by atoms with Crippen molar-refractivity contribution in [3.8, 4) is 23.0 Å². The van der Waals surface area contributed by atoms with E-state index in [0.717, 1.165) is 16.2 Å². The number of amides is 2. The second kappa shape index (κ2) is 15.6. The zero-order chi connectivity index (χ0) is 33.4. The molecule has 1 aliphatic rings. The van der Waals surface area contributed by atoms with E-state index in [1.165, 1.54) is 7.11 Å². The normalized spacial score (nSPS) is 16.9. The van der Waals surface area contributed by atoms with Gasteiger partial charge in [0, 0.05) is 23.9 Å². The zero-order valence-corrected chi connectivity index (χ0v) is 28.5. The SMILES string of the molecule is COc1ccc(/C=C\c2cc(OC)c(OC)c(OC)c2)cc1NC(=O)[C@H](CCSC)NC(=O)OC1CC(C)(C)N([O])C(C)(C)C1. The maximum absolute atomic E-state index is 13.5. The van der Waals surface area contributed by atoms with Crippen LogP contribution in [-0.4, -0.2) is 80.7 Å². The van der Waals surface area contributed by atoms with Crippen LogP contribution < -0.4 is 29.6 Å². The van der Waals surface area contributed by atoms with Crippen LogP contribution in [0.25, 0.3) is 12.2 Å². The fourth-order valence-electron chi connectivity index (χ4n) is 5.62. The lowest BCUT2D eigenvalue weighted by Gasteiger charge is -2.49. The van der Waals surface area contributed by atoms with Crippen LogP contribution >= 0.6 is 11.8 Å². The van der Waals surface area contributed by atoms with Gasteiger partial charge in [-0.1, -0.05) is 18.2 Å². The molecule has 0 aromatic heterocycles. The van der Waals surface area contributed by atoms with Crippen LogP contribution in [0.2, 0.25) is 0 Å². The van der Waals surface area contributed by atoms with Crippen LogP contribution in [0.3, 0.4) is 0 Å². The van der Waals surface area contributed by atoms with Crippen LogP contribution in [-0.2, 0) is 14.7 Å². The first kappa shape index (κ1) is 35.9. The van der Waals surface area contributed by atoms with Crippen molar-refractivity contribution in [2.45, 2.75) is 70.2 Å². The quantitative estimate of drug-likeness (QED) is 0.251. The number of methoxy groups -OCH3 is 4. The van der Waals surface area contributed by atoms with Gasteiger partial charge in [-0.25, -0.2) is 4.79 Å². The number of benzene rings is 2. The number of hydrogen-bond donors (Lipinski definition) is 2. The smallest absolute Gasteiger partial charge is 0.408 e. The highest BCUT2D eigenvalue weighted by Gasteiger charge is 2.47. The lowest BCUT2D eigenvalue weighted by molar-refractivity contribution is -0.298. The summed E-state index contributed by atoms with van der Waals surface area (Å²) in [5.74, 6) is 2.27. The molecular weight excluding hydrogens is 598 g/mol. The third-order valence-electron chi connectivity index (χ3n) is 7.68. The van der Waals surface area contributed by atoms with Crippen molar-refractivity contribution in [3.05, 3.63) is 41.5 Å². The molecule has 1 atom stereocenters. The Bertz CT molecular complexity index is 1320. The Kier molecular flexibility index (Phi) is 12.4. The zero-order valence-electron chi connectivity index (χ0n) is 27.6. The van der Waals surface area contributed by atoms with E-state index < -0.39 is 35.2 Å². The van der Waals surface area contributed by atoms with Crippen molar-refractivity contribution in [1.82, 2.24) is 10.4 Å². The number of piperidine rings is 1. The summed E-state index contributed by atoms with van der Waals surface area (Å²) >= 11 is 1.57. The van der Waals surface area contributed by atoms with Crippen molar-refractivity contribution in [2.75, 3.05) is 45.8 Å². The fraction of sp³-hybridized carbons (Fsp3) is 0.515. The molecule has 45 heavy (non-hydrogen) atoms. The van der Waals surface area contributed by atoms with Crippen molar-refractivity contribution in [1.29, 1.82) is 0 Å². The van der Waals surface area contributed by atoms with Crippen molar-refractivity contribution < 1.29 is 38.5 Å². The first-order valence-corrected chi connectivity index (χ1v) is 16.1. The Hall–Kier alpha value is -3.61. The number of hydroxylamine groups is 2. The molecule has 0 unspecified atom stereocenters. The summed E-state index contributed by atoms with van der Waals surface area (Å²) < 4.78 is 27.6. The molecule has 0 saturated carbocycles. The predicted molar refractivity (Wildman–Crippen MR) is 177 cm³/mol. The number of carbonyl (C=O) groups excluding carboxylic acids is 2. The molecule has 1 saturated heterocycles. The lowest BCUT2D eigenvalue weighted by atomic mass is 9.80. The number of nitrogens with one attached hydrogen (secondary N) is 2. The minimum absolute atomic E-state index is 0.390. The number of alkyl carbamates (subject to hydrolysis) is 1. The number of nitrogens with zero attached hydrogens (tertiary/aromatic N) is 1. The summed E-state index contributed by atoms with van der Waals surface area (Å²) in [5, 5.41) is 19.4. The maximum atomic E-state index is 13.5. The van der Waals surface area contributed by atoms with E-state index in [-0.39, 0.29) is 0 Å². The largest absolute Gasteiger partial charge is 0.495 e. The molecule has 1 heterocycles. The third-order valence-corrected chi connectivity index (χ3v) is 8.33. The molecule has 0 spiro atoms. The molecule has 247 valence electrons. The molecule has 2 aromatic rings. The van der Waals surface area contributed by atoms with Gasteiger partial charge >= 0.3 is 6.09 Å². The highest BCUT2D eigenvalue weighted by Crippen LogP contribution is 2.39. The molecule has 0 bridgehead atoms. The number of anilines is 1. The van der Waals surface area contributed by atoms with Crippen molar-refractivity contribution in [3.63, 3.8) is 0 Å². The van der Waals surface area contributed by atoms with Crippen molar-refractivity contribution in [2.24, 2.45) is 0 Å². The Labute approximate surface area is 270 Å². The predicted octanol–water partition coefficient (Wildman–Crippen LogP) is 6.04. The fourth-order valence-corrected chi connectivity index (χ4v) is 6.10. The minimum atomic E-state index is -0.853. The molecule has 2 amide bonds. The Morgan fingerprint density at radius 3 is 2.02 bits per heavy atom. The second-order valence-electron chi connectivity index (χ2n) is 12.1. The minimum Gasteiger partial charge on any atom is -0.495 e. The van der Waals surface area contributed by atoms with Crippen molar-refractivity contribution >= 4 is 41.6 Å². The first-order valence-electron chi connectivity index (χ1n) is 14.7. The van der Waals surface area contributed by atoms with E-state index in [4.69, 9.17) is 23.7 Å². The average molecular weight is 645 g/mol. The molecule has 12 heteroatoms. The van der Waals surface area contributed by atoms with Crippen LogP contribution in [0.1, 0.15) is 58.1 Å². The topological polar surface area (TPSA) is 127 Å². The Morgan fingerprint density at radius 1 is 0.911 bits per heavy atom. The maximum Gasteiger partial charge on any atom is 0.408 e. The highest BCUT2D eigenvalue weighted by molar-refractivity contribution is 7.98. The van der Waals surface area contributed by atoms with Gasteiger partial charge < -0.3 is 34.3 Å². The summed E-state index contributed by atoms with van der Waals surface area (Å²) in [6.45, 7) is 7.35. The molecule has 1 fully saturated rings. The van der Waals surface area contributed by atoms with Gasteiger partial charge in [0.05, 0.1) is 34.1 Å². The van der Waals surface area contributed by atoms with E-state index in [1.807, 2.05) is 64.3 Å². The number of hydrogen-bond acceptors (Lipinski definition) is 9. The molecule has 2 N–H and O–H groups in total. The van der Waals surface area contributed by atoms with Crippen LogP contribution in [0.5, 0.6) is 23.0 Å². The molecule has 1 radical (unpaired) electrons. The standard InChI is InChI=1S/C33H46N3O8S/c1-32(2)19-23(20-33(3,4)36(32)39)44-31(38)35-24(14-15-45-9)30(37)34-25-16-21(12-13-26(25)40-5)10-11-22-17-27(41-6)29(43-8)28(18-22)42-7/h10-13,16-18,23-24H,14-15,19-20H2,1-9H3,(H,34,37)(H,35,38)/b11-10-/t24-/m0/s1. The van der Waals surface area contributed by atoms with Gasteiger partial charge in [-0.05, 0) is 81.5 Å². The van der Waals surface area contributed by atoms with Gasteiger partial charge in [0.15, 0.2) is 11.5 Å². The van der Waals surface area contributed by atoms with Crippen LogP contribution in [0.4, 0.5) is 10.5 Å². The highest BCUT2D eigenvalue weighted by atomic mass is 32.2. The van der Waals surface area contributed by atoms with Gasteiger partial charge in [0.1, 0.15) is 17.9 Å². The van der Waals surface area contributed by atoms with E-state index in [2.05, 4.69) is 10.6 Å². The Balaban J connectivity index is 1.77. The van der Waals surface area contributed by atoms with Gasteiger partial charge in [0.2, 0.25) is 11.7 Å². The number of thioether (sulfide) groups is 1. The molecular formula is C33H46N3O8S. The monoisotopic (exact) mass is 644 g/mol. The summed E-state index contributed by atoms with van der Waals surface area (Å²) in [6, 6.07) is 8.22. The number of carbonyl (C=O) groups is 2. The van der Waals surface area contributed by atoms with Crippen LogP contribution in [0, 0.1) is 0 Å². The second-order valence-corrected chi connectivity index (χ2v) is 13.1. The van der Waals surface area contributed by atoms with E-state index in [1.54, 1.807) is 45.2 Å². The lowest BCUT2D eigenvalue weighted by Crippen LogP contribution is -2.60. The summed E-state index contributed by atoms with van der Waals surface area (Å²) in [4.78, 5) is 26.5. The Morgan fingerprint density at radius 2 is 1.49 bits per heavy atom. The molecule has 1 aliphatic heterocycles. The number of rotatable bonds is 13. The van der Waals surface area contributed by atoms with E-state index >= 15 is 0 Å². The summed E-state index contributed by atoms with van der Waals surface area (Å²) in [7, 11) is 6.19. The van der Waals surface area contributed by atoms with Gasteiger partial charge in [0.25, 0.3) is 0 Å². The summed E-state index contributed by atoms with van der Waals surface area (Å²) in [6.07, 6.45) is 5.72. The summed E-state index contributed by atoms with van der Waals surface area (Å²) in [5.41, 5.74) is 0.680. The van der Waals surface area contributed by atoms with Gasteiger partial charge in [-0.3, -0.25) is 4.79 Å². The molecule has 11 nitrogen and oxygen atoms in total. The van der Waals surface area contributed by atoms with Gasteiger partial charge in [-0.2, -0.15) is 11.8 Å². The first-order chi connectivity index (χ1) is 21.3. The molecule has 0 aliphatic carbocycles. The van der Waals surface area contributed by atoms with E-state index in [9.17, 15) is 14.8 Å². The molecule has 3 rings (SSSR count). The van der Waals surface area contributed by atoms with Gasteiger partial charge in [-0.15, -0.1) is 10.3 Å².